The number of hydrogen-bond donors (Lipinski definition) is 0. The van der Waals surface area contributed by atoms with Gasteiger partial charge in [0.05, 0.1) is 5.69 Å². The van der Waals surface area contributed by atoms with E-state index < -0.39 is 9.84 Å². The average Bonchev–Trinajstić information content (AvgIpc) is 2.16. The summed E-state index contributed by atoms with van der Waals surface area (Å²) in [5.41, 5.74) is 1.20. The summed E-state index contributed by atoms with van der Waals surface area (Å²) < 4.78 is 22.5. The fourth-order valence-electron chi connectivity index (χ4n) is 1.68. The number of rotatable bonds is 1. The molecule has 15 heavy (non-hydrogen) atoms. The molecule has 1 aliphatic carbocycles. The molecule has 0 amide bonds. The van der Waals surface area contributed by atoms with Crippen molar-refractivity contribution in [2.45, 2.75) is 24.3 Å². The van der Waals surface area contributed by atoms with E-state index in [1.807, 2.05) is 0 Å². The SMILES string of the molecule is CS(=O)(=O)c1ccc2c(n1)CCCC2=O. The van der Waals surface area contributed by atoms with Crippen LogP contribution in [0.1, 0.15) is 28.9 Å². The van der Waals surface area contributed by atoms with Crippen LogP contribution in [0.5, 0.6) is 0 Å². The number of sulfone groups is 1. The monoisotopic (exact) mass is 225 g/mol. The molecule has 0 bridgehead atoms. The number of carbonyl (C=O) groups is 1. The van der Waals surface area contributed by atoms with Crippen LogP contribution in [0.15, 0.2) is 17.2 Å². The van der Waals surface area contributed by atoms with Crippen molar-refractivity contribution < 1.29 is 13.2 Å². The number of fused-ring (bicyclic) bond motifs is 1. The zero-order valence-corrected chi connectivity index (χ0v) is 9.17. The third-order valence-electron chi connectivity index (χ3n) is 2.45. The minimum absolute atomic E-state index is 0.0518. The Kier molecular flexibility index (Phi) is 2.34. The van der Waals surface area contributed by atoms with E-state index in [-0.39, 0.29) is 10.8 Å². The first-order chi connectivity index (χ1) is 6.98. The topological polar surface area (TPSA) is 64.1 Å². The Bertz CT molecular complexity index is 519. The van der Waals surface area contributed by atoms with Crippen LogP contribution < -0.4 is 0 Å². The summed E-state index contributed by atoms with van der Waals surface area (Å²) in [6.07, 6.45) is 3.09. The van der Waals surface area contributed by atoms with Crippen LogP contribution in [0.25, 0.3) is 0 Å². The maximum atomic E-state index is 11.5. The van der Waals surface area contributed by atoms with Crippen molar-refractivity contribution in [3.05, 3.63) is 23.4 Å². The number of aryl methyl sites for hydroxylation is 1. The summed E-state index contributed by atoms with van der Waals surface area (Å²) in [5.74, 6) is 0.0591. The van der Waals surface area contributed by atoms with Gasteiger partial charge in [0.25, 0.3) is 0 Å². The number of carbonyl (C=O) groups excluding carboxylic acids is 1. The lowest BCUT2D eigenvalue weighted by Crippen LogP contribution is -2.14. The molecule has 0 saturated heterocycles. The number of hydrogen-bond acceptors (Lipinski definition) is 4. The second-order valence-electron chi connectivity index (χ2n) is 3.69. The number of nitrogens with zero attached hydrogens (tertiary/aromatic N) is 1. The van der Waals surface area contributed by atoms with Crippen LogP contribution >= 0.6 is 0 Å². The van der Waals surface area contributed by atoms with E-state index in [1.165, 1.54) is 6.07 Å². The van der Waals surface area contributed by atoms with Crippen LogP contribution in [-0.2, 0) is 16.3 Å². The Morgan fingerprint density at radius 1 is 1.27 bits per heavy atom. The Balaban J connectivity index is 2.56. The Morgan fingerprint density at radius 2 is 2.00 bits per heavy atom. The van der Waals surface area contributed by atoms with E-state index in [1.54, 1.807) is 6.07 Å². The van der Waals surface area contributed by atoms with Crippen molar-refractivity contribution in [2.75, 3.05) is 6.26 Å². The predicted octanol–water partition coefficient (Wildman–Crippen LogP) is 1.00. The molecule has 5 heteroatoms. The van der Waals surface area contributed by atoms with Crippen LogP contribution in [0.4, 0.5) is 0 Å². The molecule has 2 rings (SSSR count). The molecule has 0 radical (unpaired) electrons. The second kappa shape index (κ2) is 3.41. The fourth-order valence-corrected chi connectivity index (χ4v) is 2.27. The van der Waals surface area contributed by atoms with Crippen LogP contribution in [-0.4, -0.2) is 25.4 Å². The van der Waals surface area contributed by atoms with Crippen molar-refractivity contribution in [3.63, 3.8) is 0 Å². The van der Waals surface area contributed by atoms with Crippen molar-refractivity contribution in [2.24, 2.45) is 0 Å². The molecule has 0 spiro atoms. The van der Waals surface area contributed by atoms with Crippen LogP contribution in [0.2, 0.25) is 0 Å². The maximum Gasteiger partial charge on any atom is 0.192 e. The molecule has 80 valence electrons. The van der Waals surface area contributed by atoms with Gasteiger partial charge in [0.1, 0.15) is 0 Å². The maximum absolute atomic E-state index is 11.5. The van der Waals surface area contributed by atoms with Gasteiger partial charge >= 0.3 is 0 Å². The van der Waals surface area contributed by atoms with Gasteiger partial charge in [-0.15, -0.1) is 0 Å². The molecule has 0 unspecified atom stereocenters. The van der Waals surface area contributed by atoms with E-state index in [4.69, 9.17) is 0 Å². The van der Waals surface area contributed by atoms with Gasteiger partial charge in [-0.25, -0.2) is 13.4 Å². The molecule has 4 nitrogen and oxygen atoms in total. The third-order valence-corrected chi connectivity index (χ3v) is 3.43. The summed E-state index contributed by atoms with van der Waals surface area (Å²) in [7, 11) is -3.28. The van der Waals surface area contributed by atoms with Crippen LogP contribution in [0.3, 0.4) is 0 Å². The first-order valence-corrected chi connectivity index (χ1v) is 6.61. The van der Waals surface area contributed by atoms with Gasteiger partial charge in [-0.2, -0.15) is 0 Å². The lowest BCUT2D eigenvalue weighted by atomic mass is 9.95. The summed E-state index contributed by atoms with van der Waals surface area (Å²) >= 11 is 0. The van der Waals surface area contributed by atoms with Gasteiger partial charge < -0.3 is 0 Å². The molecule has 0 aromatic carbocycles. The summed E-state index contributed by atoms with van der Waals surface area (Å²) in [4.78, 5) is 15.5. The van der Waals surface area contributed by atoms with Gasteiger partial charge in [0.2, 0.25) is 0 Å². The van der Waals surface area contributed by atoms with Gasteiger partial charge in [-0.1, -0.05) is 0 Å². The highest BCUT2D eigenvalue weighted by Gasteiger charge is 2.20. The van der Waals surface area contributed by atoms with Gasteiger partial charge in [-0.05, 0) is 25.0 Å². The largest absolute Gasteiger partial charge is 0.294 e. The summed E-state index contributed by atoms with van der Waals surface area (Å²) in [5, 5.41) is 0.0518. The third kappa shape index (κ3) is 1.92. The molecule has 0 aliphatic heterocycles. The minimum atomic E-state index is -3.28. The molecule has 1 heterocycles. The van der Waals surface area contributed by atoms with Crippen molar-refractivity contribution >= 4 is 15.6 Å². The standard InChI is InChI=1S/C10H11NO3S/c1-15(13,14)10-6-5-7-8(11-10)3-2-4-9(7)12/h5-6H,2-4H2,1H3. The van der Waals surface area contributed by atoms with Crippen LogP contribution in [0, 0.1) is 0 Å². The molecule has 0 atom stereocenters. The highest BCUT2D eigenvalue weighted by Crippen LogP contribution is 2.20. The normalized spacial score (nSPS) is 16.2. The lowest BCUT2D eigenvalue weighted by Gasteiger charge is -2.13. The Morgan fingerprint density at radius 3 is 2.67 bits per heavy atom. The molecule has 1 aromatic rings. The fraction of sp³-hybridized carbons (Fsp3) is 0.400. The quantitative estimate of drug-likeness (QED) is 0.715. The minimum Gasteiger partial charge on any atom is -0.294 e. The molecule has 0 saturated carbocycles. The number of Topliss-reactive ketones (excluding diaryl/α,β-unsaturated/α-hetero) is 1. The Labute approximate surface area is 88.3 Å². The number of ketones is 1. The molecule has 0 N–H and O–H groups in total. The van der Waals surface area contributed by atoms with E-state index in [0.717, 1.165) is 12.7 Å². The number of pyridine rings is 1. The van der Waals surface area contributed by atoms with Crippen molar-refractivity contribution in [1.82, 2.24) is 4.98 Å². The first kappa shape index (κ1) is 10.3. The molecule has 0 fully saturated rings. The van der Waals surface area contributed by atoms with Gasteiger partial charge in [0, 0.05) is 18.2 Å². The van der Waals surface area contributed by atoms with E-state index in [0.29, 0.717) is 24.1 Å². The Hall–Kier alpha value is -1.23. The number of aromatic nitrogens is 1. The van der Waals surface area contributed by atoms with E-state index >= 15 is 0 Å². The molecular weight excluding hydrogens is 214 g/mol. The highest BCUT2D eigenvalue weighted by molar-refractivity contribution is 7.90. The smallest absolute Gasteiger partial charge is 0.192 e. The molecule has 1 aliphatic rings. The first-order valence-electron chi connectivity index (χ1n) is 4.71. The average molecular weight is 225 g/mol. The molecule has 1 aromatic heterocycles. The molecular formula is C10H11NO3S. The zero-order valence-electron chi connectivity index (χ0n) is 8.36. The van der Waals surface area contributed by atoms with Crippen molar-refractivity contribution in [1.29, 1.82) is 0 Å². The second-order valence-corrected chi connectivity index (χ2v) is 5.66. The van der Waals surface area contributed by atoms with Crippen molar-refractivity contribution in [3.8, 4) is 0 Å². The van der Waals surface area contributed by atoms with Gasteiger partial charge in [0.15, 0.2) is 20.6 Å². The lowest BCUT2D eigenvalue weighted by molar-refractivity contribution is 0.0971. The summed E-state index contributed by atoms with van der Waals surface area (Å²) in [6, 6.07) is 2.97. The van der Waals surface area contributed by atoms with E-state index in [2.05, 4.69) is 4.98 Å². The van der Waals surface area contributed by atoms with Gasteiger partial charge in [-0.3, -0.25) is 4.79 Å². The van der Waals surface area contributed by atoms with E-state index in [9.17, 15) is 13.2 Å². The highest BCUT2D eigenvalue weighted by atomic mass is 32.2. The predicted molar refractivity (Wildman–Crippen MR) is 54.6 cm³/mol. The zero-order chi connectivity index (χ0) is 11.1. The summed E-state index contributed by atoms with van der Waals surface area (Å²) in [6.45, 7) is 0.